The van der Waals surface area contributed by atoms with Gasteiger partial charge in [0.05, 0.1) is 0 Å². The van der Waals surface area contributed by atoms with Gasteiger partial charge in [-0.1, -0.05) is 0 Å². The van der Waals surface area contributed by atoms with Crippen LogP contribution in [0.1, 0.15) is 17.0 Å². The van der Waals surface area contributed by atoms with Crippen LogP contribution in [0, 0.1) is 25.5 Å². The Balaban J connectivity index is 1.68. The van der Waals surface area contributed by atoms with E-state index in [1.165, 1.54) is 36.4 Å². The average molecular weight is 355 g/mol. The molecule has 0 unspecified atom stereocenters. The Kier molecular flexibility index (Phi) is 5.02. The molecule has 1 heterocycles. The Bertz CT molecular complexity index is 915. The SMILES string of the molecule is Cc1cc(CNC(=O)Nc2ccc(F)cc2)c(C)n1-c1ccc(F)cc1. The van der Waals surface area contributed by atoms with Gasteiger partial charge in [-0.3, -0.25) is 0 Å². The van der Waals surface area contributed by atoms with Gasteiger partial charge in [0.15, 0.2) is 0 Å². The molecule has 3 rings (SSSR count). The molecule has 2 amide bonds. The third-order valence-electron chi connectivity index (χ3n) is 4.16. The molecule has 26 heavy (non-hydrogen) atoms. The van der Waals surface area contributed by atoms with Crippen molar-refractivity contribution in [3.8, 4) is 5.69 Å². The second-order valence-corrected chi connectivity index (χ2v) is 6.02. The van der Waals surface area contributed by atoms with Crippen molar-refractivity contribution in [2.75, 3.05) is 5.32 Å². The van der Waals surface area contributed by atoms with Gasteiger partial charge in [0.1, 0.15) is 11.6 Å². The number of hydrogen-bond acceptors (Lipinski definition) is 1. The monoisotopic (exact) mass is 355 g/mol. The molecule has 0 spiro atoms. The van der Waals surface area contributed by atoms with Crippen molar-refractivity contribution in [3.05, 3.63) is 83.2 Å². The molecule has 0 aliphatic carbocycles. The lowest BCUT2D eigenvalue weighted by Gasteiger charge is -2.11. The molecule has 0 fully saturated rings. The summed E-state index contributed by atoms with van der Waals surface area (Å²) in [5.74, 6) is -0.639. The lowest BCUT2D eigenvalue weighted by Crippen LogP contribution is -2.28. The van der Waals surface area contributed by atoms with Gasteiger partial charge in [-0.2, -0.15) is 0 Å². The van der Waals surface area contributed by atoms with Gasteiger partial charge in [-0.25, -0.2) is 13.6 Å². The number of anilines is 1. The zero-order chi connectivity index (χ0) is 18.7. The number of benzene rings is 2. The molecule has 4 nitrogen and oxygen atoms in total. The normalized spacial score (nSPS) is 10.6. The first-order valence-corrected chi connectivity index (χ1v) is 8.18. The van der Waals surface area contributed by atoms with Crippen LogP contribution >= 0.6 is 0 Å². The van der Waals surface area contributed by atoms with E-state index in [0.29, 0.717) is 12.2 Å². The van der Waals surface area contributed by atoms with Crippen molar-refractivity contribution in [2.24, 2.45) is 0 Å². The zero-order valence-corrected chi connectivity index (χ0v) is 14.5. The number of halogens is 2. The summed E-state index contributed by atoms with van der Waals surface area (Å²) in [5, 5.41) is 5.44. The predicted octanol–water partition coefficient (Wildman–Crippen LogP) is 4.69. The highest BCUT2D eigenvalue weighted by atomic mass is 19.1. The maximum atomic E-state index is 13.1. The zero-order valence-electron chi connectivity index (χ0n) is 14.5. The largest absolute Gasteiger partial charge is 0.334 e. The van der Waals surface area contributed by atoms with E-state index in [1.807, 2.05) is 24.5 Å². The van der Waals surface area contributed by atoms with Crippen LogP contribution in [0.25, 0.3) is 5.69 Å². The Hall–Kier alpha value is -3.15. The first kappa shape index (κ1) is 17.7. The van der Waals surface area contributed by atoms with Crippen LogP contribution in [0.3, 0.4) is 0 Å². The van der Waals surface area contributed by atoms with Crippen LogP contribution in [-0.4, -0.2) is 10.6 Å². The number of amides is 2. The van der Waals surface area contributed by atoms with E-state index in [2.05, 4.69) is 10.6 Å². The summed E-state index contributed by atoms with van der Waals surface area (Å²) in [6.07, 6.45) is 0. The lowest BCUT2D eigenvalue weighted by atomic mass is 10.2. The van der Waals surface area contributed by atoms with Crippen molar-refractivity contribution < 1.29 is 13.6 Å². The molecule has 3 aromatic rings. The number of hydrogen-bond donors (Lipinski definition) is 2. The highest BCUT2D eigenvalue weighted by Crippen LogP contribution is 2.21. The second-order valence-electron chi connectivity index (χ2n) is 6.02. The highest BCUT2D eigenvalue weighted by Gasteiger charge is 2.12. The highest BCUT2D eigenvalue weighted by molar-refractivity contribution is 5.89. The quantitative estimate of drug-likeness (QED) is 0.700. The summed E-state index contributed by atoms with van der Waals surface area (Å²) in [5.41, 5.74) is 4.30. The molecule has 0 radical (unpaired) electrons. The Labute approximate surface area is 150 Å². The second kappa shape index (κ2) is 7.39. The maximum absolute atomic E-state index is 13.1. The molecule has 0 saturated heterocycles. The maximum Gasteiger partial charge on any atom is 0.319 e. The van der Waals surface area contributed by atoms with Gasteiger partial charge < -0.3 is 15.2 Å². The summed E-state index contributed by atoms with van der Waals surface area (Å²) in [6, 6.07) is 13.4. The summed E-state index contributed by atoms with van der Waals surface area (Å²) in [6.45, 7) is 4.25. The smallest absolute Gasteiger partial charge is 0.319 e. The minimum atomic E-state index is -0.372. The van der Waals surface area contributed by atoms with E-state index >= 15 is 0 Å². The number of rotatable bonds is 4. The molecule has 6 heteroatoms. The van der Waals surface area contributed by atoms with Gasteiger partial charge in [-0.05, 0) is 74.0 Å². The minimum absolute atomic E-state index is 0.282. The van der Waals surface area contributed by atoms with Crippen LogP contribution in [0.15, 0.2) is 54.6 Å². The standard InChI is InChI=1S/C20H19F2N3O/c1-13-11-15(14(2)25(13)19-9-5-17(22)6-10-19)12-23-20(26)24-18-7-3-16(21)4-8-18/h3-11H,12H2,1-2H3,(H2,23,24,26). The number of aryl methyl sites for hydroxylation is 1. The van der Waals surface area contributed by atoms with Gasteiger partial charge in [0.25, 0.3) is 0 Å². The number of nitrogens with one attached hydrogen (secondary N) is 2. The van der Waals surface area contributed by atoms with Gasteiger partial charge >= 0.3 is 6.03 Å². The van der Waals surface area contributed by atoms with Crippen LogP contribution in [0.4, 0.5) is 19.3 Å². The molecular formula is C20H19F2N3O. The van der Waals surface area contributed by atoms with E-state index < -0.39 is 0 Å². The topological polar surface area (TPSA) is 46.1 Å². The number of carbonyl (C=O) groups is 1. The number of nitrogens with zero attached hydrogens (tertiary/aromatic N) is 1. The Morgan fingerprint density at radius 1 is 0.962 bits per heavy atom. The molecule has 0 atom stereocenters. The van der Waals surface area contributed by atoms with Gasteiger partial charge in [0.2, 0.25) is 0 Å². The molecule has 0 bridgehead atoms. The molecule has 2 aromatic carbocycles. The first-order valence-electron chi connectivity index (χ1n) is 8.18. The number of urea groups is 1. The van der Waals surface area contributed by atoms with Crippen LogP contribution in [-0.2, 0) is 6.54 Å². The molecule has 1 aromatic heterocycles. The van der Waals surface area contributed by atoms with Gasteiger partial charge in [0, 0.05) is 29.3 Å². The fraction of sp³-hybridized carbons (Fsp3) is 0.150. The molecule has 0 aliphatic heterocycles. The average Bonchev–Trinajstić information content (AvgIpc) is 2.90. The summed E-state index contributed by atoms with van der Waals surface area (Å²) in [4.78, 5) is 12.0. The van der Waals surface area contributed by atoms with Gasteiger partial charge in [-0.15, -0.1) is 0 Å². The van der Waals surface area contributed by atoms with E-state index in [1.54, 1.807) is 12.1 Å². The molecular weight excluding hydrogens is 336 g/mol. The summed E-state index contributed by atoms with van der Waals surface area (Å²) >= 11 is 0. The van der Waals surface area contributed by atoms with Crippen LogP contribution in [0.2, 0.25) is 0 Å². The number of carbonyl (C=O) groups excluding carboxylic acids is 1. The van der Waals surface area contributed by atoms with Crippen molar-refractivity contribution in [1.29, 1.82) is 0 Å². The lowest BCUT2D eigenvalue weighted by molar-refractivity contribution is 0.251. The van der Waals surface area contributed by atoms with Crippen LogP contribution < -0.4 is 10.6 Å². The molecule has 0 aliphatic rings. The molecule has 2 N–H and O–H groups in total. The summed E-state index contributed by atoms with van der Waals surface area (Å²) in [7, 11) is 0. The van der Waals surface area contributed by atoms with E-state index in [-0.39, 0.29) is 17.7 Å². The molecule has 134 valence electrons. The predicted molar refractivity (Wildman–Crippen MR) is 97.5 cm³/mol. The van der Waals surface area contributed by atoms with Crippen molar-refractivity contribution in [2.45, 2.75) is 20.4 Å². The van der Waals surface area contributed by atoms with Crippen molar-refractivity contribution >= 4 is 11.7 Å². The Morgan fingerprint density at radius 3 is 2.15 bits per heavy atom. The van der Waals surface area contributed by atoms with Crippen molar-refractivity contribution in [1.82, 2.24) is 9.88 Å². The fourth-order valence-electron chi connectivity index (χ4n) is 2.88. The fourth-order valence-corrected chi connectivity index (χ4v) is 2.88. The Morgan fingerprint density at radius 2 is 1.54 bits per heavy atom. The van der Waals surface area contributed by atoms with E-state index in [4.69, 9.17) is 0 Å². The minimum Gasteiger partial charge on any atom is -0.334 e. The van der Waals surface area contributed by atoms with E-state index in [0.717, 1.165) is 22.6 Å². The van der Waals surface area contributed by atoms with Crippen LogP contribution in [0.5, 0.6) is 0 Å². The first-order chi connectivity index (χ1) is 12.4. The summed E-state index contributed by atoms with van der Waals surface area (Å²) < 4.78 is 28.0. The van der Waals surface area contributed by atoms with Crippen molar-refractivity contribution in [3.63, 3.8) is 0 Å². The molecule has 0 saturated carbocycles. The number of aromatic nitrogens is 1. The third kappa shape index (κ3) is 3.91. The van der Waals surface area contributed by atoms with E-state index in [9.17, 15) is 13.6 Å². The third-order valence-corrected chi connectivity index (χ3v) is 4.16.